The molecule has 0 atom stereocenters. The van der Waals surface area contributed by atoms with Crippen LogP contribution in [0.4, 0.5) is 0 Å². The summed E-state index contributed by atoms with van der Waals surface area (Å²) in [6.45, 7) is 6.07. The molecule has 2 heterocycles. The van der Waals surface area contributed by atoms with E-state index < -0.39 is 15.7 Å². The molecule has 40 heavy (non-hydrogen) atoms. The molecular weight excluding hydrogens is 522 g/mol. The summed E-state index contributed by atoms with van der Waals surface area (Å²) in [6.07, 6.45) is 4.67. The van der Waals surface area contributed by atoms with Crippen molar-refractivity contribution >= 4 is 21.8 Å². The van der Waals surface area contributed by atoms with E-state index in [0.29, 0.717) is 17.0 Å². The Morgan fingerprint density at radius 3 is 2.20 bits per heavy atom. The molecule has 1 amide bonds. The third-order valence-electron chi connectivity index (χ3n) is 6.53. The Morgan fingerprint density at radius 2 is 1.57 bits per heavy atom. The SMILES string of the molecule is Cc1cc(C)c(-c2nn(-c3ccccc3)cc2C=C(C(=O)NCc2ccco2)S(=O)(=O)c2ccccc2)c(C)c1. The lowest BCUT2D eigenvalue weighted by Gasteiger charge is -2.12. The quantitative estimate of drug-likeness (QED) is 0.232. The summed E-state index contributed by atoms with van der Waals surface area (Å²) in [7, 11) is -4.19. The van der Waals surface area contributed by atoms with Crippen molar-refractivity contribution in [3.05, 3.63) is 130 Å². The van der Waals surface area contributed by atoms with Crippen molar-refractivity contribution in [2.45, 2.75) is 32.2 Å². The molecule has 0 aliphatic carbocycles. The largest absolute Gasteiger partial charge is 0.467 e. The lowest BCUT2D eigenvalue weighted by atomic mass is 9.95. The van der Waals surface area contributed by atoms with Crippen LogP contribution in [0.3, 0.4) is 0 Å². The number of benzene rings is 3. The predicted molar refractivity (Wildman–Crippen MR) is 155 cm³/mol. The molecule has 1 N–H and O–H groups in total. The molecule has 3 aromatic carbocycles. The van der Waals surface area contributed by atoms with Crippen LogP contribution in [-0.2, 0) is 21.2 Å². The Kier molecular flexibility index (Phi) is 7.53. The van der Waals surface area contributed by atoms with Gasteiger partial charge in [0.2, 0.25) is 9.84 Å². The van der Waals surface area contributed by atoms with Gasteiger partial charge in [-0.1, -0.05) is 54.1 Å². The van der Waals surface area contributed by atoms with E-state index in [1.165, 1.54) is 24.5 Å². The Labute approximate surface area is 233 Å². The molecule has 0 fully saturated rings. The van der Waals surface area contributed by atoms with E-state index in [-0.39, 0.29) is 16.3 Å². The number of nitrogens with one attached hydrogen (secondary N) is 1. The standard InChI is InChI=1S/C32H29N3O4S/c1-22-17-23(2)30(24(3)18-22)31-25(21-35(34-31)26-11-6-4-7-12-26)19-29(32(36)33-20-27-13-10-16-39-27)40(37,38)28-14-8-5-9-15-28/h4-19,21H,20H2,1-3H3,(H,33,36). The first-order chi connectivity index (χ1) is 19.2. The van der Waals surface area contributed by atoms with E-state index >= 15 is 0 Å². The van der Waals surface area contributed by atoms with Gasteiger partial charge in [-0.25, -0.2) is 13.1 Å². The Bertz CT molecular complexity index is 1760. The maximum absolute atomic E-state index is 13.9. The summed E-state index contributed by atoms with van der Waals surface area (Å²) in [5, 5.41) is 7.59. The van der Waals surface area contributed by atoms with Gasteiger partial charge < -0.3 is 9.73 Å². The second kappa shape index (κ2) is 11.2. The average molecular weight is 552 g/mol. The number of furan rings is 1. The number of para-hydroxylation sites is 1. The van der Waals surface area contributed by atoms with Crippen LogP contribution in [0.1, 0.15) is 28.0 Å². The highest BCUT2D eigenvalue weighted by Crippen LogP contribution is 2.33. The molecule has 0 aliphatic heterocycles. The minimum Gasteiger partial charge on any atom is -0.467 e. The number of carbonyl (C=O) groups is 1. The highest BCUT2D eigenvalue weighted by atomic mass is 32.2. The molecule has 5 aromatic rings. The van der Waals surface area contributed by atoms with Crippen molar-refractivity contribution in [3.63, 3.8) is 0 Å². The molecule has 202 valence electrons. The van der Waals surface area contributed by atoms with E-state index in [9.17, 15) is 13.2 Å². The molecule has 0 aliphatic rings. The van der Waals surface area contributed by atoms with Gasteiger partial charge in [0.25, 0.3) is 5.91 Å². The van der Waals surface area contributed by atoms with Crippen LogP contribution in [-0.4, -0.2) is 24.1 Å². The number of aryl methyl sites for hydroxylation is 3. The molecule has 0 unspecified atom stereocenters. The third kappa shape index (κ3) is 5.53. The van der Waals surface area contributed by atoms with E-state index in [1.54, 1.807) is 41.2 Å². The van der Waals surface area contributed by atoms with Crippen molar-refractivity contribution < 1.29 is 17.6 Å². The van der Waals surface area contributed by atoms with Gasteiger partial charge in [0.15, 0.2) is 0 Å². The van der Waals surface area contributed by atoms with Gasteiger partial charge in [-0.05, 0) is 74.4 Å². The van der Waals surface area contributed by atoms with E-state index in [1.807, 2.05) is 51.1 Å². The minimum atomic E-state index is -4.19. The molecule has 5 rings (SSSR count). The first kappa shape index (κ1) is 26.9. The summed E-state index contributed by atoms with van der Waals surface area (Å²) in [4.78, 5) is 13.2. The zero-order valence-corrected chi connectivity index (χ0v) is 23.3. The summed E-state index contributed by atoms with van der Waals surface area (Å²) >= 11 is 0. The number of carbonyl (C=O) groups excluding carboxylic acids is 1. The molecule has 7 nitrogen and oxygen atoms in total. The van der Waals surface area contributed by atoms with Crippen LogP contribution >= 0.6 is 0 Å². The fraction of sp³-hybridized carbons (Fsp3) is 0.125. The number of hydrogen-bond donors (Lipinski definition) is 1. The van der Waals surface area contributed by atoms with Gasteiger partial charge in [-0.15, -0.1) is 0 Å². The number of aromatic nitrogens is 2. The molecule has 0 radical (unpaired) electrons. The highest BCUT2D eigenvalue weighted by Gasteiger charge is 2.28. The smallest absolute Gasteiger partial charge is 0.263 e. The van der Waals surface area contributed by atoms with E-state index in [4.69, 9.17) is 9.52 Å². The topological polar surface area (TPSA) is 94.2 Å². The molecule has 8 heteroatoms. The first-order valence-electron chi connectivity index (χ1n) is 12.8. The fourth-order valence-electron chi connectivity index (χ4n) is 4.75. The van der Waals surface area contributed by atoms with Gasteiger partial charge in [0.05, 0.1) is 23.4 Å². The van der Waals surface area contributed by atoms with Crippen LogP contribution in [0.2, 0.25) is 0 Å². The summed E-state index contributed by atoms with van der Waals surface area (Å²) < 4.78 is 34.7. The fourth-order valence-corrected chi connectivity index (χ4v) is 6.12. The van der Waals surface area contributed by atoms with Crippen molar-refractivity contribution in [1.82, 2.24) is 15.1 Å². The van der Waals surface area contributed by atoms with E-state index in [0.717, 1.165) is 27.9 Å². The lowest BCUT2D eigenvalue weighted by molar-refractivity contribution is -0.117. The molecular formula is C32H29N3O4S. The molecule has 0 saturated heterocycles. The zero-order valence-electron chi connectivity index (χ0n) is 22.5. The summed E-state index contributed by atoms with van der Waals surface area (Å²) in [5.41, 5.74) is 5.89. The Hall–Kier alpha value is -4.69. The van der Waals surface area contributed by atoms with Crippen LogP contribution in [0.5, 0.6) is 0 Å². The third-order valence-corrected chi connectivity index (χ3v) is 8.31. The zero-order chi connectivity index (χ0) is 28.3. The van der Waals surface area contributed by atoms with Gasteiger partial charge in [-0.2, -0.15) is 5.10 Å². The van der Waals surface area contributed by atoms with Crippen molar-refractivity contribution in [2.75, 3.05) is 0 Å². The van der Waals surface area contributed by atoms with Crippen molar-refractivity contribution in [1.29, 1.82) is 0 Å². The van der Waals surface area contributed by atoms with Gasteiger partial charge >= 0.3 is 0 Å². The Balaban J connectivity index is 1.71. The van der Waals surface area contributed by atoms with Crippen molar-refractivity contribution in [2.24, 2.45) is 0 Å². The minimum absolute atomic E-state index is 0.0223. The second-order valence-corrected chi connectivity index (χ2v) is 11.5. The first-order valence-corrected chi connectivity index (χ1v) is 14.3. The van der Waals surface area contributed by atoms with Crippen LogP contribution in [0, 0.1) is 20.8 Å². The molecule has 2 aromatic heterocycles. The van der Waals surface area contributed by atoms with Gasteiger partial charge in [-0.3, -0.25) is 4.79 Å². The average Bonchev–Trinajstić information content (AvgIpc) is 3.61. The number of amides is 1. The van der Waals surface area contributed by atoms with Crippen molar-refractivity contribution in [3.8, 4) is 16.9 Å². The predicted octanol–water partition coefficient (Wildman–Crippen LogP) is 6.19. The number of sulfone groups is 1. The Morgan fingerprint density at radius 1 is 0.925 bits per heavy atom. The van der Waals surface area contributed by atoms with Crippen LogP contribution < -0.4 is 5.32 Å². The highest BCUT2D eigenvalue weighted by molar-refractivity contribution is 7.96. The monoisotopic (exact) mass is 551 g/mol. The van der Waals surface area contributed by atoms with E-state index in [2.05, 4.69) is 17.4 Å². The number of hydrogen-bond acceptors (Lipinski definition) is 5. The second-order valence-electron chi connectivity index (χ2n) is 9.57. The lowest BCUT2D eigenvalue weighted by Crippen LogP contribution is -2.28. The maximum atomic E-state index is 13.9. The normalized spacial score (nSPS) is 11.9. The summed E-state index contributed by atoms with van der Waals surface area (Å²) in [5.74, 6) is -0.232. The van der Waals surface area contributed by atoms with Crippen LogP contribution in [0.25, 0.3) is 23.0 Å². The van der Waals surface area contributed by atoms with Gasteiger partial charge in [0, 0.05) is 17.3 Å². The molecule has 0 bridgehead atoms. The number of nitrogens with zero attached hydrogens (tertiary/aromatic N) is 2. The molecule has 0 saturated carbocycles. The maximum Gasteiger partial charge on any atom is 0.263 e. The summed E-state index contributed by atoms with van der Waals surface area (Å²) in [6, 6.07) is 25.0. The van der Waals surface area contributed by atoms with Crippen LogP contribution in [0.15, 0.2) is 112 Å². The number of rotatable bonds is 8. The molecule has 0 spiro atoms. The van der Waals surface area contributed by atoms with Gasteiger partial charge in [0.1, 0.15) is 16.4 Å².